The van der Waals surface area contributed by atoms with Gasteiger partial charge >= 0.3 is 0 Å². The standard InChI is InChI=1S/C13H21BrN2O2S/c1-10(2)5-3-4-8-16-19(17,18)11-6-7-12(14)13(15)9-11/h6-7,9-10,16H,3-5,8,15H2,1-2H3. The molecule has 0 aliphatic rings. The van der Waals surface area contributed by atoms with E-state index in [9.17, 15) is 8.42 Å². The van der Waals surface area contributed by atoms with Gasteiger partial charge in [-0.3, -0.25) is 0 Å². The zero-order valence-electron chi connectivity index (χ0n) is 11.3. The first-order chi connectivity index (χ1) is 8.83. The molecule has 1 aromatic carbocycles. The van der Waals surface area contributed by atoms with Crippen LogP contribution in [0.25, 0.3) is 0 Å². The summed E-state index contributed by atoms with van der Waals surface area (Å²) >= 11 is 3.24. The fourth-order valence-corrected chi connectivity index (χ4v) is 3.01. The van der Waals surface area contributed by atoms with Crippen LogP contribution in [0.1, 0.15) is 33.1 Å². The topological polar surface area (TPSA) is 72.2 Å². The highest BCUT2D eigenvalue weighted by molar-refractivity contribution is 9.10. The molecule has 6 heteroatoms. The fourth-order valence-electron chi connectivity index (χ4n) is 1.66. The molecule has 4 nitrogen and oxygen atoms in total. The number of rotatable bonds is 7. The van der Waals surface area contributed by atoms with E-state index >= 15 is 0 Å². The fraction of sp³-hybridized carbons (Fsp3) is 0.538. The van der Waals surface area contributed by atoms with Crippen molar-refractivity contribution in [1.82, 2.24) is 4.72 Å². The van der Waals surface area contributed by atoms with Crippen LogP contribution >= 0.6 is 15.9 Å². The summed E-state index contributed by atoms with van der Waals surface area (Å²) in [5, 5.41) is 0. The van der Waals surface area contributed by atoms with Crippen LogP contribution in [0.3, 0.4) is 0 Å². The van der Waals surface area contributed by atoms with Gasteiger partial charge in [0.05, 0.1) is 4.90 Å². The second-order valence-corrected chi connectivity index (χ2v) is 7.59. The second-order valence-electron chi connectivity index (χ2n) is 4.97. The lowest BCUT2D eigenvalue weighted by atomic mass is 10.1. The van der Waals surface area contributed by atoms with Gasteiger partial charge in [0.15, 0.2) is 0 Å². The Morgan fingerprint density at radius 3 is 2.58 bits per heavy atom. The third-order valence-electron chi connectivity index (χ3n) is 2.78. The number of halogens is 1. The van der Waals surface area contributed by atoms with Gasteiger partial charge in [0.2, 0.25) is 10.0 Å². The molecule has 0 unspecified atom stereocenters. The van der Waals surface area contributed by atoms with Crippen LogP contribution in [0.2, 0.25) is 0 Å². The van der Waals surface area contributed by atoms with E-state index in [1.807, 2.05) is 0 Å². The summed E-state index contributed by atoms with van der Waals surface area (Å²) in [4.78, 5) is 0.206. The van der Waals surface area contributed by atoms with E-state index in [1.54, 1.807) is 6.07 Å². The maximum Gasteiger partial charge on any atom is 0.240 e. The number of nitrogens with two attached hydrogens (primary N) is 1. The largest absolute Gasteiger partial charge is 0.398 e. The molecular weight excluding hydrogens is 328 g/mol. The van der Waals surface area contributed by atoms with Gasteiger partial charge in [0.25, 0.3) is 0 Å². The second kappa shape index (κ2) is 7.26. The van der Waals surface area contributed by atoms with E-state index in [2.05, 4.69) is 34.5 Å². The molecule has 0 fully saturated rings. The van der Waals surface area contributed by atoms with Crippen molar-refractivity contribution in [2.24, 2.45) is 5.92 Å². The molecule has 1 aromatic rings. The van der Waals surface area contributed by atoms with Crippen molar-refractivity contribution in [3.63, 3.8) is 0 Å². The van der Waals surface area contributed by atoms with Gasteiger partial charge in [-0.2, -0.15) is 0 Å². The molecule has 108 valence electrons. The Labute approximate surface area is 124 Å². The molecule has 0 spiro atoms. The molecule has 1 rings (SSSR count). The van der Waals surface area contributed by atoms with Crippen molar-refractivity contribution in [1.29, 1.82) is 0 Å². The SMILES string of the molecule is CC(C)CCCCNS(=O)(=O)c1ccc(Br)c(N)c1. The Balaban J connectivity index is 2.54. The van der Waals surface area contributed by atoms with Crippen LogP contribution in [0.5, 0.6) is 0 Å². The van der Waals surface area contributed by atoms with Crippen LogP contribution in [-0.2, 0) is 10.0 Å². The van der Waals surface area contributed by atoms with Crippen molar-refractivity contribution in [2.75, 3.05) is 12.3 Å². The summed E-state index contributed by atoms with van der Waals surface area (Å²) in [6.45, 7) is 4.79. The molecule has 19 heavy (non-hydrogen) atoms. The lowest BCUT2D eigenvalue weighted by molar-refractivity contribution is 0.530. The summed E-state index contributed by atoms with van der Waals surface area (Å²) in [5.41, 5.74) is 6.11. The number of anilines is 1. The Kier molecular flexibility index (Phi) is 6.29. The third kappa shape index (κ3) is 5.50. The lowest BCUT2D eigenvalue weighted by Gasteiger charge is -2.08. The Bertz CT molecular complexity index is 515. The summed E-state index contributed by atoms with van der Waals surface area (Å²) in [5.74, 6) is 0.655. The predicted molar refractivity (Wildman–Crippen MR) is 82.4 cm³/mol. The summed E-state index contributed by atoms with van der Waals surface area (Å²) < 4.78 is 27.3. The average Bonchev–Trinajstić information content (AvgIpc) is 2.31. The minimum atomic E-state index is -3.45. The highest BCUT2D eigenvalue weighted by atomic mass is 79.9. The number of sulfonamides is 1. The summed E-state index contributed by atoms with van der Waals surface area (Å²) in [6.07, 6.45) is 3.00. The smallest absolute Gasteiger partial charge is 0.240 e. The van der Waals surface area contributed by atoms with Crippen molar-refractivity contribution in [2.45, 2.75) is 38.0 Å². The molecule has 0 bridgehead atoms. The average molecular weight is 349 g/mol. The van der Waals surface area contributed by atoms with E-state index in [0.717, 1.165) is 19.3 Å². The Morgan fingerprint density at radius 1 is 1.32 bits per heavy atom. The van der Waals surface area contributed by atoms with E-state index in [4.69, 9.17) is 5.73 Å². The maximum absolute atomic E-state index is 12.0. The molecule has 0 radical (unpaired) electrons. The molecule has 0 saturated carbocycles. The van der Waals surface area contributed by atoms with Gasteiger partial charge in [-0.05, 0) is 46.5 Å². The van der Waals surface area contributed by atoms with Gasteiger partial charge in [0, 0.05) is 16.7 Å². The van der Waals surface area contributed by atoms with Crippen LogP contribution in [0.4, 0.5) is 5.69 Å². The monoisotopic (exact) mass is 348 g/mol. The van der Waals surface area contributed by atoms with Crippen LogP contribution in [0.15, 0.2) is 27.6 Å². The molecule has 0 aromatic heterocycles. The summed E-state index contributed by atoms with van der Waals surface area (Å²) in [7, 11) is -3.45. The first kappa shape index (κ1) is 16.5. The molecule has 0 atom stereocenters. The lowest BCUT2D eigenvalue weighted by Crippen LogP contribution is -2.25. The highest BCUT2D eigenvalue weighted by Gasteiger charge is 2.14. The zero-order valence-corrected chi connectivity index (χ0v) is 13.7. The number of hydrogen-bond donors (Lipinski definition) is 2. The normalized spacial score (nSPS) is 12.0. The predicted octanol–water partition coefficient (Wildman–Crippen LogP) is 3.14. The molecule has 0 saturated heterocycles. The van der Waals surface area contributed by atoms with Gasteiger partial charge in [-0.1, -0.05) is 26.7 Å². The van der Waals surface area contributed by atoms with E-state index in [1.165, 1.54) is 12.1 Å². The Morgan fingerprint density at radius 2 is 2.00 bits per heavy atom. The van der Waals surface area contributed by atoms with Crippen molar-refractivity contribution in [3.05, 3.63) is 22.7 Å². The van der Waals surface area contributed by atoms with Crippen molar-refractivity contribution in [3.8, 4) is 0 Å². The number of nitrogens with one attached hydrogen (secondary N) is 1. The summed E-state index contributed by atoms with van der Waals surface area (Å²) in [6, 6.07) is 4.64. The van der Waals surface area contributed by atoms with Gasteiger partial charge in [-0.25, -0.2) is 13.1 Å². The third-order valence-corrected chi connectivity index (χ3v) is 4.96. The molecule has 0 amide bonds. The van der Waals surface area contributed by atoms with E-state index < -0.39 is 10.0 Å². The number of unbranched alkanes of at least 4 members (excludes halogenated alkanes) is 1. The Hall–Kier alpha value is -0.590. The van der Waals surface area contributed by atoms with Crippen molar-refractivity contribution < 1.29 is 8.42 Å². The van der Waals surface area contributed by atoms with Crippen LogP contribution in [-0.4, -0.2) is 15.0 Å². The first-order valence-electron chi connectivity index (χ1n) is 6.37. The van der Waals surface area contributed by atoms with Crippen LogP contribution < -0.4 is 10.5 Å². The first-order valence-corrected chi connectivity index (χ1v) is 8.65. The van der Waals surface area contributed by atoms with Gasteiger partial charge in [0.1, 0.15) is 0 Å². The van der Waals surface area contributed by atoms with Crippen molar-refractivity contribution >= 4 is 31.6 Å². The molecule has 0 aliphatic carbocycles. The minimum absolute atomic E-state index is 0.206. The molecule has 0 aliphatic heterocycles. The number of hydrogen-bond acceptors (Lipinski definition) is 3. The maximum atomic E-state index is 12.0. The molecule has 0 heterocycles. The molecular formula is C13H21BrN2O2S. The number of nitrogen functional groups attached to an aromatic ring is 1. The van der Waals surface area contributed by atoms with E-state index in [-0.39, 0.29) is 4.90 Å². The minimum Gasteiger partial charge on any atom is -0.398 e. The van der Waals surface area contributed by atoms with Gasteiger partial charge in [-0.15, -0.1) is 0 Å². The zero-order chi connectivity index (χ0) is 14.5. The van der Waals surface area contributed by atoms with Gasteiger partial charge < -0.3 is 5.73 Å². The molecule has 3 N–H and O–H groups in total. The van der Waals surface area contributed by atoms with Crippen LogP contribution in [0, 0.1) is 5.92 Å². The quantitative estimate of drug-likeness (QED) is 0.587. The highest BCUT2D eigenvalue weighted by Crippen LogP contribution is 2.22. The number of benzene rings is 1. The van der Waals surface area contributed by atoms with E-state index in [0.29, 0.717) is 22.6 Å².